The Bertz CT molecular complexity index is 750. The second kappa shape index (κ2) is 8.05. The summed E-state index contributed by atoms with van der Waals surface area (Å²) in [5.74, 6) is 1.28. The van der Waals surface area contributed by atoms with E-state index in [1.165, 1.54) is 4.90 Å². The summed E-state index contributed by atoms with van der Waals surface area (Å²) in [5.41, 5.74) is 0. The lowest BCUT2D eigenvalue weighted by atomic mass is 10.1. The molecule has 0 spiro atoms. The molecule has 3 heterocycles. The van der Waals surface area contributed by atoms with E-state index in [1.807, 2.05) is 35.2 Å². The van der Waals surface area contributed by atoms with Crippen LogP contribution >= 0.6 is 0 Å². The normalized spacial score (nSPS) is 24.8. The lowest BCUT2D eigenvalue weighted by Crippen LogP contribution is -2.64. The van der Waals surface area contributed by atoms with Gasteiger partial charge in [0.2, 0.25) is 0 Å². The summed E-state index contributed by atoms with van der Waals surface area (Å²) < 4.78 is 11.2. The van der Waals surface area contributed by atoms with Crippen LogP contribution in [0.15, 0.2) is 35.3 Å². The number of likely N-dealkylation sites (N-methyl/N-ethyl adjacent to an activating group) is 1. The highest BCUT2D eigenvalue weighted by Crippen LogP contribution is 2.26. The van der Waals surface area contributed by atoms with E-state index in [0.29, 0.717) is 39.5 Å². The molecule has 9 heteroatoms. The van der Waals surface area contributed by atoms with Crippen molar-refractivity contribution < 1.29 is 19.1 Å². The molecule has 1 N–H and O–H groups in total. The smallest absolute Gasteiger partial charge is 0.325 e. The molecule has 4 rings (SSSR count). The van der Waals surface area contributed by atoms with Gasteiger partial charge in [-0.25, -0.2) is 9.79 Å². The summed E-state index contributed by atoms with van der Waals surface area (Å²) in [4.78, 5) is 35.0. The van der Waals surface area contributed by atoms with Crippen molar-refractivity contribution in [2.45, 2.75) is 18.6 Å². The van der Waals surface area contributed by atoms with Crippen LogP contribution in [-0.4, -0.2) is 91.3 Å². The summed E-state index contributed by atoms with van der Waals surface area (Å²) in [7, 11) is 1.67. The summed E-state index contributed by atoms with van der Waals surface area (Å²) >= 11 is 0. The number of hydrogen-bond acceptors (Lipinski definition) is 7. The van der Waals surface area contributed by atoms with Gasteiger partial charge in [0.1, 0.15) is 5.75 Å². The molecular formula is C19H25N5O4. The average Bonchev–Trinajstić information content (AvgIpc) is 3.11. The number of urea groups is 1. The van der Waals surface area contributed by atoms with Gasteiger partial charge in [0, 0.05) is 26.7 Å². The van der Waals surface area contributed by atoms with Crippen LogP contribution in [0.2, 0.25) is 0 Å². The number of ether oxygens (including phenoxy) is 2. The zero-order chi connectivity index (χ0) is 19.5. The van der Waals surface area contributed by atoms with Crippen molar-refractivity contribution in [2.24, 2.45) is 4.99 Å². The van der Waals surface area contributed by atoms with Crippen molar-refractivity contribution in [2.75, 3.05) is 46.5 Å². The predicted octanol–water partition coefficient (Wildman–Crippen LogP) is 0.336. The number of nitrogens with one attached hydrogen (secondary N) is 1. The Morgan fingerprint density at radius 1 is 1.21 bits per heavy atom. The number of amides is 3. The monoisotopic (exact) mass is 387 g/mol. The van der Waals surface area contributed by atoms with Crippen LogP contribution in [0.3, 0.4) is 0 Å². The van der Waals surface area contributed by atoms with Crippen molar-refractivity contribution in [1.29, 1.82) is 0 Å². The molecule has 2 saturated heterocycles. The Hall–Kier alpha value is -2.81. The third-order valence-electron chi connectivity index (χ3n) is 5.19. The summed E-state index contributed by atoms with van der Waals surface area (Å²) in [6.45, 7) is 3.83. The molecule has 2 atom stereocenters. The molecule has 2 fully saturated rings. The Morgan fingerprint density at radius 2 is 1.96 bits per heavy atom. The number of aliphatic imine (C=N–C) groups is 1. The quantitative estimate of drug-likeness (QED) is 0.733. The van der Waals surface area contributed by atoms with Crippen molar-refractivity contribution in [3.63, 3.8) is 0 Å². The molecule has 0 radical (unpaired) electrons. The van der Waals surface area contributed by atoms with E-state index in [2.05, 4.69) is 10.2 Å². The van der Waals surface area contributed by atoms with Crippen LogP contribution in [-0.2, 0) is 9.53 Å². The molecule has 2 unspecified atom stereocenters. The van der Waals surface area contributed by atoms with Gasteiger partial charge in [0.25, 0.3) is 5.91 Å². The molecule has 9 nitrogen and oxygen atoms in total. The van der Waals surface area contributed by atoms with Crippen LogP contribution in [0.4, 0.5) is 4.79 Å². The molecule has 3 aliphatic rings. The van der Waals surface area contributed by atoms with Gasteiger partial charge in [0.05, 0.1) is 19.8 Å². The highest BCUT2D eigenvalue weighted by atomic mass is 16.5. The molecule has 1 aromatic rings. The van der Waals surface area contributed by atoms with E-state index < -0.39 is 18.2 Å². The van der Waals surface area contributed by atoms with Crippen LogP contribution < -0.4 is 10.1 Å². The second-order valence-corrected chi connectivity index (χ2v) is 7.00. The molecule has 3 amide bonds. The average molecular weight is 387 g/mol. The lowest BCUT2D eigenvalue weighted by Gasteiger charge is -2.38. The van der Waals surface area contributed by atoms with Crippen molar-refractivity contribution >= 4 is 17.9 Å². The predicted molar refractivity (Wildman–Crippen MR) is 102 cm³/mol. The standard InChI is InChI=1S/C19H25N5O4/c1-22-16-15(17(25)21-19(22)26)24(18(20-16)23-9-12-27-13-10-23)8-5-11-28-14-6-3-2-4-7-14/h2-4,6-7,15-16H,5,8-13H2,1H3,(H,21,25,26). The van der Waals surface area contributed by atoms with E-state index in [9.17, 15) is 9.59 Å². The third-order valence-corrected chi connectivity index (χ3v) is 5.19. The third kappa shape index (κ3) is 3.62. The summed E-state index contributed by atoms with van der Waals surface area (Å²) in [6, 6.07) is 8.72. The highest BCUT2D eigenvalue weighted by Gasteiger charge is 2.49. The van der Waals surface area contributed by atoms with Crippen molar-refractivity contribution in [3.05, 3.63) is 30.3 Å². The Morgan fingerprint density at radius 3 is 2.71 bits per heavy atom. The Kier molecular flexibility index (Phi) is 5.34. The first-order chi connectivity index (χ1) is 13.6. The molecule has 1 aromatic carbocycles. The zero-order valence-electron chi connectivity index (χ0n) is 15.9. The Labute approximate surface area is 163 Å². The Balaban J connectivity index is 1.46. The molecule has 3 aliphatic heterocycles. The van der Waals surface area contributed by atoms with Gasteiger partial charge in [-0.3, -0.25) is 10.1 Å². The highest BCUT2D eigenvalue weighted by molar-refractivity contribution is 6.03. The van der Waals surface area contributed by atoms with E-state index in [-0.39, 0.29) is 5.91 Å². The number of para-hydroxylation sites is 1. The number of imide groups is 1. The number of nitrogens with zero attached hydrogens (tertiary/aromatic N) is 4. The maximum Gasteiger partial charge on any atom is 0.325 e. The summed E-state index contributed by atoms with van der Waals surface area (Å²) in [5, 5.41) is 2.43. The fourth-order valence-electron chi connectivity index (χ4n) is 3.72. The molecule has 0 aromatic heterocycles. The van der Waals surface area contributed by atoms with Crippen molar-refractivity contribution in [1.82, 2.24) is 20.0 Å². The van der Waals surface area contributed by atoms with Crippen LogP contribution in [0.1, 0.15) is 6.42 Å². The molecule has 0 bridgehead atoms. The first kappa shape index (κ1) is 18.5. The van der Waals surface area contributed by atoms with Gasteiger partial charge in [-0.2, -0.15) is 0 Å². The first-order valence-electron chi connectivity index (χ1n) is 9.58. The van der Waals surface area contributed by atoms with Gasteiger partial charge in [-0.1, -0.05) is 18.2 Å². The fraction of sp³-hybridized carbons (Fsp3) is 0.526. The number of fused-ring (bicyclic) bond motifs is 1. The first-order valence-corrected chi connectivity index (χ1v) is 9.58. The largest absolute Gasteiger partial charge is 0.494 e. The molecule has 0 saturated carbocycles. The zero-order valence-corrected chi connectivity index (χ0v) is 15.9. The van der Waals surface area contributed by atoms with Gasteiger partial charge in [-0.05, 0) is 18.6 Å². The van der Waals surface area contributed by atoms with Gasteiger partial charge in [0.15, 0.2) is 18.2 Å². The molecule has 28 heavy (non-hydrogen) atoms. The van der Waals surface area contributed by atoms with E-state index in [4.69, 9.17) is 14.5 Å². The maximum absolute atomic E-state index is 12.6. The van der Waals surface area contributed by atoms with Crippen LogP contribution in [0, 0.1) is 0 Å². The summed E-state index contributed by atoms with van der Waals surface area (Å²) in [6.07, 6.45) is 0.223. The van der Waals surface area contributed by atoms with Gasteiger partial charge >= 0.3 is 6.03 Å². The van der Waals surface area contributed by atoms with Gasteiger partial charge in [-0.15, -0.1) is 0 Å². The van der Waals surface area contributed by atoms with Gasteiger partial charge < -0.3 is 24.2 Å². The molecule has 0 aliphatic carbocycles. The van der Waals surface area contributed by atoms with E-state index >= 15 is 0 Å². The number of carbonyl (C=O) groups is 2. The minimum atomic E-state index is -0.516. The van der Waals surface area contributed by atoms with Crippen LogP contribution in [0.25, 0.3) is 0 Å². The minimum Gasteiger partial charge on any atom is -0.494 e. The number of guanidine groups is 1. The van der Waals surface area contributed by atoms with Crippen molar-refractivity contribution in [3.8, 4) is 5.75 Å². The number of morpholine rings is 1. The minimum absolute atomic E-state index is 0.302. The van der Waals surface area contributed by atoms with E-state index in [0.717, 1.165) is 18.1 Å². The molecular weight excluding hydrogens is 362 g/mol. The fourth-order valence-corrected chi connectivity index (χ4v) is 3.72. The maximum atomic E-state index is 12.6. The van der Waals surface area contributed by atoms with E-state index in [1.54, 1.807) is 7.05 Å². The number of benzene rings is 1. The molecule has 150 valence electrons. The lowest BCUT2D eigenvalue weighted by molar-refractivity contribution is -0.127. The van der Waals surface area contributed by atoms with Crippen LogP contribution in [0.5, 0.6) is 5.75 Å². The number of hydrogen-bond donors (Lipinski definition) is 1. The second-order valence-electron chi connectivity index (χ2n) is 7.00. The number of rotatable bonds is 5. The topological polar surface area (TPSA) is 86.7 Å². The number of carbonyl (C=O) groups excluding carboxylic acids is 2. The SMILES string of the molecule is CN1C(=O)NC(=O)C2C1N=C(N1CCOCC1)N2CCCOc1ccccc1.